The number of hydrogen-bond acceptors (Lipinski definition) is 4. The lowest BCUT2D eigenvalue weighted by Gasteiger charge is -2.31. The zero-order chi connectivity index (χ0) is 19.4. The van der Waals surface area contributed by atoms with E-state index in [0.717, 1.165) is 25.9 Å². The summed E-state index contributed by atoms with van der Waals surface area (Å²) in [6.45, 7) is 9.95. The summed E-state index contributed by atoms with van der Waals surface area (Å²) in [4.78, 5) is 14.7. The average molecular weight is 389 g/mol. The van der Waals surface area contributed by atoms with Crippen LogP contribution < -0.4 is 0 Å². The highest BCUT2D eigenvalue weighted by molar-refractivity contribution is 8.00. The van der Waals surface area contributed by atoms with Crippen LogP contribution in [0.2, 0.25) is 0 Å². The van der Waals surface area contributed by atoms with Gasteiger partial charge in [-0.15, -0.1) is 16.8 Å². The average Bonchev–Trinajstić information content (AvgIpc) is 3.05. The number of halogens is 1. The van der Waals surface area contributed by atoms with E-state index in [4.69, 9.17) is 0 Å². The van der Waals surface area contributed by atoms with Crippen molar-refractivity contribution in [2.45, 2.75) is 43.6 Å². The highest BCUT2D eigenvalue weighted by Gasteiger charge is 2.27. The van der Waals surface area contributed by atoms with E-state index in [1.165, 1.54) is 17.8 Å². The van der Waals surface area contributed by atoms with Crippen LogP contribution in [0.4, 0.5) is 4.39 Å². The van der Waals surface area contributed by atoms with Crippen LogP contribution >= 0.6 is 11.8 Å². The molecule has 5 nitrogen and oxygen atoms in total. The lowest BCUT2D eigenvalue weighted by Crippen LogP contribution is -2.41. The molecule has 1 aliphatic heterocycles. The molecule has 0 saturated carbocycles. The summed E-state index contributed by atoms with van der Waals surface area (Å²) in [6, 6.07) is 6.49. The van der Waals surface area contributed by atoms with Gasteiger partial charge in [0.15, 0.2) is 11.0 Å². The Hall–Kier alpha value is -2.15. The van der Waals surface area contributed by atoms with Crippen LogP contribution in [0, 0.1) is 11.7 Å². The Morgan fingerprint density at radius 3 is 2.74 bits per heavy atom. The SMILES string of the molecule is C=CCn1c(SC(C)C(=O)N2CCC(C)CC2)nnc1-c1ccccc1F. The van der Waals surface area contributed by atoms with E-state index in [0.29, 0.717) is 29.0 Å². The molecule has 2 aromatic rings. The van der Waals surface area contributed by atoms with Gasteiger partial charge in [0.05, 0.1) is 10.8 Å². The van der Waals surface area contributed by atoms with Crippen LogP contribution in [-0.4, -0.2) is 43.9 Å². The number of aromatic nitrogens is 3. The first-order chi connectivity index (χ1) is 13.0. The Kier molecular flexibility index (Phi) is 6.31. The Morgan fingerprint density at radius 1 is 1.37 bits per heavy atom. The van der Waals surface area contributed by atoms with Crippen LogP contribution in [0.1, 0.15) is 26.7 Å². The normalized spacial score (nSPS) is 16.3. The van der Waals surface area contributed by atoms with E-state index >= 15 is 0 Å². The molecule has 144 valence electrons. The highest BCUT2D eigenvalue weighted by Crippen LogP contribution is 2.29. The number of allylic oxidation sites excluding steroid dienone is 1. The Morgan fingerprint density at radius 2 is 2.07 bits per heavy atom. The number of piperidine rings is 1. The zero-order valence-corrected chi connectivity index (χ0v) is 16.6. The standard InChI is InChI=1S/C20H25FN4OS/c1-4-11-25-18(16-7-5-6-8-17(16)21)22-23-20(25)27-15(3)19(26)24-12-9-14(2)10-13-24/h4-8,14-15H,1,9-13H2,2-3H3. The lowest BCUT2D eigenvalue weighted by molar-refractivity contribution is -0.131. The molecule has 0 bridgehead atoms. The van der Waals surface area contributed by atoms with E-state index in [-0.39, 0.29) is 17.0 Å². The summed E-state index contributed by atoms with van der Waals surface area (Å²) in [5.74, 6) is 0.892. The van der Waals surface area contributed by atoms with Crippen molar-refractivity contribution >= 4 is 17.7 Å². The van der Waals surface area contributed by atoms with E-state index in [1.54, 1.807) is 28.8 Å². The maximum atomic E-state index is 14.2. The minimum Gasteiger partial charge on any atom is -0.342 e. The Bertz CT molecular complexity index is 814. The predicted octanol–water partition coefficient (Wildman–Crippen LogP) is 4.01. The summed E-state index contributed by atoms with van der Waals surface area (Å²) in [5, 5.41) is 8.72. The van der Waals surface area contributed by atoms with Crippen LogP contribution in [-0.2, 0) is 11.3 Å². The maximum Gasteiger partial charge on any atom is 0.235 e. The second kappa shape index (κ2) is 8.69. The largest absolute Gasteiger partial charge is 0.342 e. The van der Waals surface area contributed by atoms with Crippen LogP contribution in [0.5, 0.6) is 0 Å². The van der Waals surface area contributed by atoms with Gasteiger partial charge in [0, 0.05) is 19.6 Å². The molecule has 1 atom stereocenters. The molecule has 0 radical (unpaired) electrons. The summed E-state index contributed by atoms with van der Waals surface area (Å²) in [5.41, 5.74) is 0.391. The first kappa shape index (κ1) is 19.6. The molecule has 0 N–H and O–H groups in total. The van der Waals surface area contributed by atoms with Gasteiger partial charge < -0.3 is 4.90 Å². The van der Waals surface area contributed by atoms with Crippen molar-refractivity contribution < 1.29 is 9.18 Å². The van der Waals surface area contributed by atoms with E-state index in [9.17, 15) is 9.18 Å². The molecule has 2 heterocycles. The van der Waals surface area contributed by atoms with Crippen LogP contribution in [0.25, 0.3) is 11.4 Å². The number of thioether (sulfide) groups is 1. The summed E-state index contributed by atoms with van der Waals surface area (Å²) >= 11 is 1.36. The van der Waals surface area contributed by atoms with E-state index < -0.39 is 0 Å². The molecule has 1 fully saturated rings. The topological polar surface area (TPSA) is 51.0 Å². The molecule has 27 heavy (non-hydrogen) atoms. The van der Waals surface area contributed by atoms with Crippen molar-refractivity contribution in [1.29, 1.82) is 0 Å². The van der Waals surface area contributed by atoms with Gasteiger partial charge in [0.1, 0.15) is 5.82 Å². The molecule has 1 aliphatic rings. The van der Waals surface area contributed by atoms with Gasteiger partial charge in [-0.3, -0.25) is 9.36 Å². The van der Waals surface area contributed by atoms with Crippen molar-refractivity contribution in [2.24, 2.45) is 5.92 Å². The third kappa shape index (κ3) is 4.40. The molecule has 3 rings (SSSR count). The van der Waals surface area contributed by atoms with Gasteiger partial charge >= 0.3 is 0 Å². The fraction of sp³-hybridized carbons (Fsp3) is 0.450. The summed E-state index contributed by atoms with van der Waals surface area (Å²) in [7, 11) is 0. The monoisotopic (exact) mass is 388 g/mol. The molecule has 1 aromatic heterocycles. The van der Waals surface area contributed by atoms with Crippen molar-refractivity contribution in [3.05, 3.63) is 42.7 Å². The van der Waals surface area contributed by atoms with Crippen LogP contribution in [0.3, 0.4) is 0 Å². The van der Waals surface area contributed by atoms with Gasteiger partial charge in [-0.1, -0.05) is 36.9 Å². The fourth-order valence-electron chi connectivity index (χ4n) is 3.21. The number of hydrogen-bond donors (Lipinski definition) is 0. The van der Waals surface area contributed by atoms with Gasteiger partial charge in [-0.25, -0.2) is 4.39 Å². The minimum absolute atomic E-state index is 0.118. The fourth-order valence-corrected chi connectivity index (χ4v) is 4.15. The molecule has 1 unspecified atom stereocenters. The quantitative estimate of drug-likeness (QED) is 0.554. The van der Waals surface area contributed by atoms with Gasteiger partial charge in [-0.2, -0.15) is 0 Å². The zero-order valence-electron chi connectivity index (χ0n) is 15.8. The molecule has 0 aliphatic carbocycles. The van der Waals surface area contributed by atoms with Gasteiger partial charge in [-0.05, 0) is 37.8 Å². The number of carbonyl (C=O) groups is 1. The molecule has 1 aromatic carbocycles. The first-order valence-corrected chi connectivity index (χ1v) is 10.1. The Labute approximate surface area is 163 Å². The molecule has 7 heteroatoms. The lowest BCUT2D eigenvalue weighted by atomic mass is 9.99. The van der Waals surface area contributed by atoms with Crippen molar-refractivity contribution in [1.82, 2.24) is 19.7 Å². The van der Waals surface area contributed by atoms with Crippen molar-refractivity contribution in [2.75, 3.05) is 13.1 Å². The molecule has 1 saturated heterocycles. The summed E-state index contributed by atoms with van der Waals surface area (Å²) < 4.78 is 16.0. The molecule has 1 amide bonds. The number of rotatable bonds is 6. The third-order valence-corrected chi connectivity index (χ3v) is 5.94. The number of amides is 1. The third-order valence-electron chi connectivity index (χ3n) is 4.87. The predicted molar refractivity (Wildman–Crippen MR) is 106 cm³/mol. The smallest absolute Gasteiger partial charge is 0.235 e. The second-order valence-electron chi connectivity index (χ2n) is 6.95. The second-order valence-corrected chi connectivity index (χ2v) is 8.26. The highest BCUT2D eigenvalue weighted by atomic mass is 32.2. The van der Waals surface area contributed by atoms with Crippen LogP contribution in [0.15, 0.2) is 42.1 Å². The number of benzene rings is 1. The molecule has 0 spiro atoms. The molecular formula is C20H25FN4OS. The van der Waals surface area contributed by atoms with E-state index in [1.807, 2.05) is 11.8 Å². The minimum atomic E-state index is -0.349. The van der Waals surface area contributed by atoms with Gasteiger partial charge in [0.2, 0.25) is 5.91 Å². The first-order valence-electron chi connectivity index (χ1n) is 9.25. The van der Waals surface area contributed by atoms with Crippen molar-refractivity contribution in [3.63, 3.8) is 0 Å². The maximum absolute atomic E-state index is 14.2. The van der Waals surface area contributed by atoms with E-state index in [2.05, 4.69) is 23.7 Å². The van der Waals surface area contributed by atoms with Gasteiger partial charge in [0.25, 0.3) is 0 Å². The summed E-state index contributed by atoms with van der Waals surface area (Å²) in [6.07, 6.45) is 3.82. The molecular weight excluding hydrogens is 363 g/mol. The number of carbonyl (C=O) groups excluding carboxylic acids is 1. The van der Waals surface area contributed by atoms with Crippen molar-refractivity contribution in [3.8, 4) is 11.4 Å². The number of likely N-dealkylation sites (tertiary alicyclic amines) is 1. The Balaban J connectivity index is 1.79. The number of nitrogens with zero attached hydrogens (tertiary/aromatic N) is 4.